The second kappa shape index (κ2) is 8.95. The number of ether oxygens (including phenoxy) is 1. The number of benzene rings is 1. The number of carbonyl (C=O) groups is 1. The van der Waals surface area contributed by atoms with Crippen LogP contribution in [0.15, 0.2) is 24.3 Å². The van der Waals surface area contributed by atoms with Crippen LogP contribution >= 0.6 is 11.8 Å². The first-order valence-corrected chi connectivity index (χ1v) is 8.67. The molecule has 1 amide bonds. The fourth-order valence-electron chi connectivity index (χ4n) is 2.17. The number of amides is 1. The lowest BCUT2D eigenvalue weighted by molar-refractivity contribution is -0.121. The van der Waals surface area contributed by atoms with E-state index in [2.05, 4.69) is 17.6 Å². The van der Waals surface area contributed by atoms with Gasteiger partial charge in [0.15, 0.2) is 0 Å². The summed E-state index contributed by atoms with van der Waals surface area (Å²) in [5.74, 6) is 3.19. The molecular formula is C16H24N2O2S. The standard InChI is InChI=1S/C16H24N2O2S/c1-13-3-5-15(6-4-13)20-9-2-7-18-16(19)11-14-12-21-10-8-17-14/h3-6,14,17H,2,7-12H2,1H3,(H,18,19). The molecule has 1 atom stereocenters. The zero-order chi connectivity index (χ0) is 14.9. The van der Waals surface area contributed by atoms with E-state index < -0.39 is 0 Å². The van der Waals surface area contributed by atoms with E-state index in [9.17, 15) is 4.79 Å². The zero-order valence-corrected chi connectivity index (χ0v) is 13.4. The summed E-state index contributed by atoms with van der Waals surface area (Å²) in [4.78, 5) is 11.8. The van der Waals surface area contributed by atoms with Crippen LogP contribution < -0.4 is 15.4 Å². The van der Waals surface area contributed by atoms with Gasteiger partial charge < -0.3 is 15.4 Å². The third-order valence-electron chi connectivity index (χ3n) is 3.36. The summed E-state index contributed by atoms with van der Waals surface area (Å²) in [6.07, 6.45) is 1.40. The predicted molar refractivity (Wildman–Crippen MR) is 88.0 cm³/mol. The lowest BCUT2D eigenvalue weighted by atomic mass is 10.2. The van der Waals surface area contributed by atoms with Crippen LogP contribution in [0.5, 0.6) is 5.75 Å². The van der Waals surface area contributed by atoms with Gasteiger partial charge in [-0.1, -0.05) is 17.7 Å². The minimum absolute atomic E-state index is 0.130. The molecule has 0 radical (unpaired) electrons. The molecule has 0 spiro atoms. The quantitative estimate of drug-likeness (QED) is 0.756. The highest BCUT2D eigenvalue weighted by atomic mass is 32.2. The lowest BCUT2D eigenvalue weighted by Gasteiger charge is -2.22. The number of carbonyl (C=O) groups excluding carboxylic acids is 1. The van der Waals surface area contributed by atoms with Gasteiger partial charge in [0.25, 0.3) is 0 Å². The number of hydrogen-bond donors (Lipinski definition) is 2. The van der Waals surface area contributed by atoms with E-state index >= 15 is 0 Å². The fraction of sp³-hybridized carbons (Fsp3) is 0.562. The minimum Gasteiger partial charge on any atom is -0.494 e. The Morgan fingerprint density at radius 3 is 2.95 bits per heavy atom. The van der Waals surface area contributed by atoms with E-state index in [1.54, 1.807) is 0 Å². The van der Waals surface area contributed by atoms with Crippen molar-refractivity contribution in [2.75, 3.05) is 31.2 Å². The predicted octanol–water partition coefficient (Wildman–Crippen LogP) is 1.98. The smallest absolute Gasteiger partial charge is 0.221 e. The molecule has 1 aliphatic rings. The van der Waals surface area contributed by atoms with E-state index in [0.717, 1.165) is 30.2 Å². The molecule has 21 heavy (non-hydrogen) atoms. The van der Waals surface area contributed by atoms with Crippen molar-refractivity contribution in [3.63, 3.8) is 0 Å². The summed E-state index contributed by atoms with van der Waals surface area (Å²) >= 11 is 1.91. The highest BCUT2D eigenvalue weighted by Crippen LogP contribution is 2.11. The van der Waals surface area contributed by atoms with Gasteiger partial charge in [-0.3, -0.25) is 4.79 Å². The summed E-state index contributed by atoms with van der Waals surface area (Å²) in [7, 11) is 0. The molecule has 2 rings (SSSR count). The van der Waals surface area contributed by atoms with Crippen LogP contribution in [0.3, 0.4) is 0 Å². The molecule has 2 N–H and O–H groups in total. The van der Waals surface area contributed by atoms with Gasteiger partial charge >= 0.3 is 0 Å². The van der Waals surface area contributed by atoms with Crippen LogP contribution in [0.2, 0.25) is 0 Å². The van der Waals surface area contributed by atoms with Crippen molar-refractivity contribution in [3.05, 3.63) is 29.8 Å². The monoisotopic (exact) mass is 308 g/mol. The number of thioether (sulfide) groups is 1. The van der Waals surface area contributed by atoms with Crippen LogP contribution in [0.25, 0.3) is 0 Å². The van der Waals surface area contributed by atoms with Gasteiger partial charge in [-0.05, 0) is 25.5 Å². The van der Waals surface area contributed by atoms with Gasteiger partial charge in [-0.25, -0.2) is 0 Å². The molecule has 1 unspecified atom stereocenters. The highest BCUT2D eigenvalue weighted by molar-refractivity contribution is 7.99. The van der Waals surface area contributed by atoms with Crippen molar-refractivity contribution in [2.45, 2.75) is 25.8 Å². The van der Waals surface area contributed by atoms with Crippen LogP contribution in [0.1, 0.15) is 18.4 Å². The summed E-state index contributed by atoms with van der Waals surface area (Å²) in [5, 5.41) is 6.33. The molecule has 1 aromatic carbocycles. The Morgan fingerprint density at radius 2 is 2.24 bits per heavy atom. The minimum atomic E-state index is 0.130. The maximum Gasteiger partial charge on any atom is 0.221 e. The molecule has 1 aliphatic heterocycles. The first kappa shape index (κ1) is 16.2. The van der Waals surface area contributed by atoms with E-state index in [4.69, 9.17) is 4.74 Å². The van der Waals surface area contributed by atoms with E-state index in [-0.39, 0.29) is 5.91 Å². The van der Waals surface area contributed by atoms with Crippen molar-refractivity contribution in [1.29, 1.82) is 0 Å². The molecule has 0 saturated carbocycles. The Kier molecular flexibility index (Phi) is 6.89. The van der Waals surface area contributed by atoms with Gasteiger partial charge in [-0.15, -0.1) is 0 Å². The van der Waals surface area contributed by atoms with Crippen molar-refractivity contribution in [3.8, 4) is 5.75 Å². The second-order valence-electron chi connectivity index (χ2n) is 5.30. The van der Waals surface area contributed by atoms with E-state index in [1.165, 1.54) is 5.56 Å². The summed E-state index contributed by atoms with van der Waals surface area (Å²) in [6, 6.07) is 8.34. The van der Waals surface area contributed by atoms with Crippen molar-refractivity contribution < 1.29 is 9.53 Å². The number of nitrogens with one attached hydrogen (secondary N) is 2. The third kappa shape index (κ3) is 6.40. The van der Waals surface area contributed by atoms with Crippen LogP contribution in [0.4, 0.5) is 0 Å². The topological polar surface area (TPSA) is 50.4 Å². The summed E-state index contributed by atoms with van der Waals surface area (Å²) in [5.41, 5.74) is 1.23. The summed E-state index contributed by atoms with van der Waals surface area (Å²) < 4.78 is 5.63. The van der Waals surface area contributed by atoms with Crippen LogP contribution in [-0.2, 0) is 4.79 Å². The normalized spacial score (nSPS) is 18.2. The number of aryl methyl sites for hydroxylation is 1. The largest absolute Gasteiger partial charge is 0.494 e. The third-order valence-corrected chi connectivity index (χ3v) is 4.49. The van der Waals surface area contributed by atoms with Gasteiger partial charge in [-0.2, -0.15) is 11.8 Å². The lowest BCUT2D eigenvalue weighted by Crippen LogP contribution is -2.41. The van der Waals surface area contributed by atoms with Gasteiger partial charge in [0.2, 0.25) is 5.91 Å². The molecule has 0 aliphatic carbocycles. The molecule has 116 valence electrons. The molecule has 1 aromatic rings. The Bertz CT molecular complexity index is 430. The highest BCUT2D eigenvalue weighted by Gasteiger charge is 2.16. The molecule has 4 nitrogen and oxygen atoms in total. The molecule has 5 heteroatoms. The Labute approximate surface area is 131 Å². The molecule has 1 fully saturated rings. The van der Waals surface area contributed by atoms with Crippen LogP contribution in [0, 0.1) is 6.92 Å². The van der Waals surface area contributed by atoms with Gasteiger partial charge in [0.05, 0.1) is 6.61 Å². The van der Waals surface area contributed by atoms with E-state index in [1.807, 2.05) is 36.0 Å². The number of hydrogen-bond acceptors (Lipinski definition) is 4. The average molecular weight is 308 g/mol. The summed E-state index contributed by atoms with van der Waals surface area (Å²) in [6.45, 7) is 4.36. The van der Waals surface area contributed by atoms with Crippen molar-refractivity contribution in [1.82, 2.24) is 10.6 Å². The molecule has 0 bridgehead atoms. The SMILES string of the molecule is Cc1ccc(OCCCNC(=O)CC2CSCCN2)cc1. The van der Waals surface area contributed by atoms with Crippen LogP contribution in [-0.4, -0.2) is 43.2 Å². The maximum absolute atomic E-state index is 11.8. The molecule has 1 heterocycles. The van der Waals surface area contributed by atoms with Gasteiger partial charge in [0, 0.05) is 37.1 Å². The zero-order valence-electron chi connectivity index (χ0n) is 12.6. The Morgan fingerprint density at radius 1 is 1.43 bits per heavy atom. The molecule has 0 aromatic heterocycles. The van der Waals surface area contributed by atoms with Crippen molar-refractivity contribution in [2.24, 2.45) is 0 Å². The van der Waals surface area contributed by atoms with Crippen molar-refractivity contribution >= 4 is 17.7 Å². The first-order valence-electron chi connectivity index (χ1n) is 7.51. The average Bonchev–Trinajstić information content (AvgIpc) is 2.50. The van der Waals surface area contributed by atoms with E-state index in [0.29, 0.717) is 25.6 Å². The Balaban J connectivity index is 1.52. The Hall–Kier alpha value is -1.20. The fourth-order valence-corrected chi connectivity index (χ4v) is 3.12. The number of rotatable bonds is 7. The molecular weight excluding hydrogens is 284 g/mol. The second-order valence-corrected chi connectivity index (χ2v) is 6.44. The first-order chi connectivity index (χ1) is 10.2. The maximum atomic E-state index is 11.8. The van der Waals surface area contributed by atoms with Gasteiger partial charge in [0.1, 0.15) is 5.75 Å². The molecule has 1 saturated heterocycles.